The fourth-order valence-electron chi connectivity index (χ4n) is 4.02. The van der Waals surface area contributed by atoms with E-state index in [1.807, 2.05) is 24.8 Å². The SMILES string of the molecule is CC1CN(c2nc3ccccn3c(=O)c2C=C2SC(=S)N(CCCC(=O)O)C2=O)CC(C)O1. The summed E-state index contributed by atoms with van der Waals surface area (Å²) in [7, 11) is 0. The second kappa shape index (κ2) is 9.62. The Morgan fingerprint density at radius 3 is 2.73 bits per heavy atom. The molecule has 174 valence electrons. The zero-order valence-corrected chi connectivity index (χ0v) is 19.9. The Hall–Kier alpha value is -2.76. The van der Waals surface area contributed by atoms with E-state index in [1.54, 1.807) is 24.4 Å². The van der Waals surface area contributed by atoms with Crippen molar-refractivity contribution >= 4 is 57.7 Å². The number of carbonyl (C=O) groups is 2. The summed E-state index contributed by atoms with van der Waals surface area (Å²) < 4.78 is 7.64. The zero-order valence-electron chi connectivity index (χ0n) is 18.3. The molecule has 0 aromatic carbocycles. The average molecular weight is 489 g/mol. The van der Waals surface area contributed by atoms with Crippen molar-refractivity contribution < 1.29 is 19.4 Å². The van der Waals surface area contributed by atoms with E-state index < -0.39 is 5.97 Å². The highest BCUT2D eigenvalue weighted by Gasteiger charge is 2.33. The van der Waals surface area contributed by atoms with E-state index in [1.165, 1.54) is 9.30 Å². The number of carbonyl (C=O) groups excluding carboxylic acids is 1. The maximum atomic E-state index is 13.4. The minimum Gasteiger partial charge on any atom is -0.481 e. The topological polar surface area (TPSA) is 104 Å². The van der Waals surface area contributed by atoms with E-state index in [2.05, 4.69) is 0 Å². The van der Waals surface area contributed by atoms with Crippen LogP contribution in [0.1, 0.15) is 32.3 Å². The molecule has 2 aromatic heterocycles. The van der Waals surface area contributed by atoms with Gasteiger partial charge < -0.3 is 14.7 Å². The fourth-order valence-corrected chi connectivity index (χ4v) is 5.31. The van der Waals surface area contributed by atoms with Gasteiger partial charge in [0.1, 0.15) is 15.8 Å². The monoisotopic (exact) mass is 488 g/mol. The lowest BCUT2D eigenvalue weighted by atomic mass is 10.2. The standard InChI is InChI=1S/C22H24N4O5S2/c1-13-11-24(12-14(2)31-13)19-15(20(29)25-8-4-3-6-17(25)23-19)10-16-21(30)26(22(32)33-16)9-5-7-18(27)28/h3-4,6,8,10,13-14H,5,7,9,11-12H2,1-2H3,(H,27,28). The van der Waals surface area contributed by atoms with Crippen LogP contribution >= 0.6 is 24.0 Å². The van der Waals surface area contributed by atoms with Gasteiger partial charge in [-0.15, -0.1) is 0 Å². The normalized spacial score (nSPS) is 22.5. The first-order valence-electron chi connectivity index (χ1n) is 10.6. The maximum Gasteiger partial charge on any atom is 0.303 e. The van der Waals surface area contributed by atoms with Crippen LogP contribution in [0.4, 0.5) is 5.82 Å². The molecule has 2 saturated heterocycles. The smallest absolute Gasteiger partial charge is 0.303 e. The van der Waals surface area contributed by atoms with Crippen LogP contribution in [0.2, 0.25) is 0 Å². The summed E-state index contributed by atoms with van der Waals surface area (Å²) in [6.07, 6.45) is 3.38. The molecule has 0 spiro atoms. The van der Waals surface area contributed by atoms with Crippen molar-refractivity contribution in [2.24, 2.45) is 0 Å². The molecule has 4 heterocycles. The first-order valence-corrected chi connectivity index (χ1v) is 11.9. The maximum absolute atomic E-state index is 13.4. The summed E-state index contributed by atoms with van der Waals surface area (Å²) in [4.78, 5) is 45.7. The summed E-state index contributed by atoms with van der Waals surface area (Å²) >= 11 is 6.45. The Kier molecular flexibility index (Phi) is 6.82. The molecule has 2 atom stereocenters. The Bertz CT molecular complexity index is 1200. The number of hydrogen-bond donors (Lipinski definition) is 1. The number of morpholine rings is 1. The third-order valence-corrected chi connectivity index (χ3v) is 6.77. The number of nitrogens with zero attached hydrogens (tertiary/aromatic N) is 4. The van der Waals surface area contributed by atoms with Gasteiger partial charge in [0.15, 0.2) is 0 Å². The lowest BCUT2D eigenvalue weighted by molar-refractivity contribution is -0.137. The number of carboxylic acids is 1. The number of ether oxygens (including phenoxy) is 1. The highest BCUT2D eigenvalue weighted by molar-refractivity contribution is 8.26. The highest BCUT2D eigenvalue weighted by atomic mass is 32.2. The molecule has 1 amide bonds. The van der Waals surface area contributed by atoms with Crippen molar-refractivity contribution in [2.75, 3.05) is 24.5 Å². The number of fused-ring (bicyclic) bond motifs is 1. The molecule has 0 saturated carbocycles. The molecular weight excluding hydrogens is 464 g/mol. The largest absolute Gasteiger partial charge is 0.481 e. The van der Waals surface area contributed by atoms with E-state index in [9.17, 15) is 14.4 Å². The lowest BCUT2D eigenvalue weighted by Crippen LogP contribution is -2.46. The number of thioether (sulfide) groups is 1. The minimum absolute atomic E-state index is 0.0370. The Morgan fingerprint density at radius 2 is 2.03 bits per heavy atom. The summed E-state index contributed by atoms with van der Waals surface area (Å²) in [6.45, 7) is 5.29. The minimum atomic E-state index is -0.926. The predicted molar refractivity (Wildman–Crippen MR) is 130 cm³/mol. The number of thiocarbonyl (C=S) groups is 1. The number of anilines is 1. The van der Waals surface area contributed by atoms with Crippen LogP contribution in [0.25, 0.3) is 11.7 Å². The predicted octanol–water partition coefficient (Wildman–Crippen LogP) is 2.37. The van der Waals surface area contributed by atoms with Crippen LogP contribution < -0.4 is 10.5 Å². The zero-order chi connectivity index (χ0) is 23.7. The Balaban J connectivity index is 1.75. The van der Waals surface area contributed by atoms with Crippen LogP contribution in [0.5, 0.6) is 0 Å². The second-order valence-electron chi connectivity index (χ2n) is 8.08. The Morgan fingerprint density at radius 1 is 1.30 bits per heavy atom. The molecule has 2 aromatic rings. The van der Waals surface area contributed by atoms with Gasteiger partial charge in [0.05, 0.1) is 22.7 Å². The highest BCUT2D eigenvalue weighted by Crippen LogP contribution is 2.34. The van der Waals surface area contributed by atoms with Crippen molar-refractivity contribution in [3.8, 4) is 0 Å². The van der Waals surface area contributed by atoms with Gasteiger partial charge in [-0.3, -0.25) is 23.7 Å². The molecule has 0 radical (unpaired) electrons. The van der Waals surface area contributed by atoms with Gasteiger partial charge in [-0.2, -0.15) is 0 Å². The third-order valence-electron chi connectivity index (χ3n) is 5.39. The number of rotatable bonds is 6. The molecule has 0 bridgehead atoms. The van der Waals surface area contributed by atoms with Crippen molar-refractivity contribution in [2.45, 2.75) is 38.9 Å². The summed E-state index contributed by atoms with van der Waals surface area (Å²) in [5.74, 6) is -0.753. The van der Waals surface area contributed by atoms with Crippen LogP contribution in [-0.2, 0) is 14.3 Å². The van der Waals surface area contributed by atoms with Crippen molar-refractivity contribution in [1.82, 2.24) is 14.3 Å². The number of aromatic nitrogens is 2. The molecule has 2 fully saturated rings. The van der Waals surface area contributed by atoms with Gasteiger partial charge in [-0.05, 0) is 38.5 Å². The van der Waals surface area contributed by atoms with Gasteiger partial charge in [0.25, 0.3) is 11.5 Å². The molecule has 2 aliphatic rings. The third kappa shape index (κ3) is 4.94. The molecule has 4 rings (SSSR count). The molecule has 11 heteroatoms. The fraction of sp³-hybridized carbons (Fsp3) is 0.409. The van der Waals surface area contributed by atoms with Crippen molar-refractivity contribution in [1.29, 1.82) is 0 Å². The number of aliphatic carboxylic acids is 1. The lowest BCUT2D eigenvalue weighted by Gasteiger charge is -2.36. The molecule has 9 nitrogen and oxygen atoms in total. The summed E-state index contributed by atoms with van der Waals surface area (Å²) in [5.41, 5.74) is 0.548. The average Bonchev–Trinajstić information content (AvgIpc) is 3.02. The molecular formula is C22H24N4O5S2. The van der Waals surface area contributed by atoms with E-state index in [4.69, 9.17) is 27.0 Å². The van der Waals surface area contributed by atoms with Gasteiger partial charge in [0.2, 0.25) is 0 Å². The second-order valence-corrected chi connectivity index (χ2v) is 9.75. The summed E-state index contributed by atoms with van der Waals surface area (Å²) in [6, 6.07) is 5.34. The van der Waals surface area contributed by atoms with Gasteiger partial charge in [-0.25, -0.2) is 4.98 Å². The number of hydrogen-bond acceptors (Lipinski definition) is 8. The van der Waals surface area contributed by atoms with Gasteiger partial charge in [0, 0.05) is 32.3 Å². The van der Waals surface area contributed by atoms with E-state index in [0.717, 1.165) is 11.8 Å². The summed E-state index contributed by atoms with van der Waals surface area (Å²) in [5, 5.41) is 8.86. The molecule has 2 unspecified atom stereocenters. The Labute approximate surface area is 200 Å². The molecule has 2 aliphatic heterocycles. The van der Waals surface area contributed by atoms with Crippen LogP contribution in [0, 0.1) is 0 Å². The van der Waals surface area contributed by atoms with Crippen molar-refractivity contribution in [3.05, 3.63) is 45.2 Å². The molecule has 33 heavy (non-hydrogen) atoms. The van der Waals surface area contributed by atoms with Gasteiger partial charge in [-0.1, -0.05) is 30.0 Å². The number of pyridine rings is 1. The number of carboxylic acid groups (broad SMARTS) is 1. The quantitative estimate of drug-likeness (QED) is 0.485. The van der Waals surface area contributed by atoms with Crippen molar-refractivity contribution in [3.63, 3.8) is 0 Å². The van der Waals surface area contributed by atoms with Crippen LogP contribution in [0.15, 0.2) is 34.1 Å². The molecule has 1 N–H and O–H groups in total. The van der Waals surface area contributed by atoms with Crippen LogP contribution in [-0.4, -0.2) is 67.4 Å². The first-order chi connectivity index (χ1) is 15.7. The number of amides is 1. The van der Waals surface area contributed by atoms with Crippen LogP contribution in [0.3, 0.4) is 0 Å². The first kappa shape index (κ1) is 23.4. The van der Waals surface area contributed by atoms with Gasteiger partial charge >= 0.3 is 5.97 Å². The van der Waals surface area contributed by atoms with E-state index >= 15 is 0 Å². The van der Waals surface area contributed by atoms with E-state index in [-0.39, 0.29) is 36.6 Å². The molecule has 0 aliphatic carbocycles. The van der Waals surface area contributed by atoms with E-state index in [0.29, 0.717) is 45.8 Å².